The average molecular weight is 670 g/mol. The van der Waals surface area contributed by atoms with Crippen molar-refractivity contribution in [1.82, 2.24) is 9.66 Å². The monoisotopic (exact) mass is 667 g/mol. The Morgan fingerprint density at radius 3 is 2.60 bits per heavy atom. The number of rotatable bonds is 7. The summed E-state index contributed by atoms with van der Waals surface area (Å²) in [7, 11) is 1.61. The van der Waals surface area contributed by atoms with Crippen molar-refractivity contribution in [3.8, 4) is 11.5 Å². The van der Waals surface area contributed by atoms with E-state index in [0.717, 1.165) is 56.9 Å². The Labute approximate surface area is 230 Å². The highest BCUT2D eigenvalue weighted by atomic mass is 79.9. The summed E-state index contributed by atoms with van der Waals surface area (Å²) in [4.78, 5) is 18.5. The summed E-state index contributed by atoms with van der Waals surface area (Å²) in [5.41, 5.74) is 1.27. The van der Waals surface area contributed by atoms with Gasteiger partial charge in [-0.25, -0.2) is 4.98 Å². The summed E-state index contributed by atoms with van der Waals surface area (Å²) >= 11 is 10.8. The molecule has 186 valence electrons. The lowest BCUT2D eigenvalue weighted by Crippen LogP contribution is -2.25. The number of hydrogen-bond acceptors (Lipinski definition) is 5. The highest BCUT2D eigenvalue weighted by molar-refractivity contribution is 9.13. The Morgan fingerprint density at radius 1 is 1.17 bits per heavy atom. The first-order valence-electron chi connectivity index (χ1n) is 11.8. The van der Waals surface area contributed by atoms with E-state index in [0.29, 0.717) is 22.4 Å². The molecule has 4 rings (SSSR count). The minimum Gasteiger partial charge on any atom is -0.493 e. The second-order valence-electron chi connectivity index (χ2n) is 8.79. The van der Waals surface area contributed by atoms with Gasteiger partial charge < -0.3 is 9.47 Å². The van der Waals surface area contributed by atoms with Gasteiger partial charge in [-0.05, 0) is 82.3 Å². The summed E-state index contributed by atoms with van der Waals surface area (Å²) in [6.07, 6.45) is 8.08. The van der Waals surface area contributed by atoms with Gasteiger partial charge in [-0.1, -0.05) is 42.1 Å². The van der Waals surface area contributed by atoms with Crippen molar-refractivity contribution in [3.63, 3.8) is 0 Å². The van der Waals surface area contributed by atoms with Crippen LogP contribution in [-0.4, -0.2) is 29.1 Å². The zero-order chi connectivity index (χ0) is 25.1. The fourth-order valence-corrected chi connectivity index (χ4v) is 5.54. The van der Waals surface area contributed by atoms with Crippen molar-refractivity contribution in [1.29, 1.82) is 0 Å². The van der Waals surface area contributed by atoms with Gasteiger partial charge in [0.15, 0.2) is 11.5 Å². The van der Waals surface area contributed by atoms with Gasteiger partial charge in [0, 0.05) is 20.4 Å². The molecule has 35 heavy (non-hydrogen) atoms. The molecular formula is C26H28Br3N3O3. The first-order chi connectivity index (χ1) is 16.8. The molecule has 9 heteroatoms. The van der Waals surface area contributed by atoms with E-state index >= 15 is 0 Å². The number of benzene rings is 2. The Bertz CT molecular complexity index is 1320. The predicted molar refractivity (Wildman–Crippen MR) is 151 cm³/mol. The van der Waals surface area contributed by atoms with Crippen LogP contribution in [0.5, 0.6) is 11.5 Å². The highest BCUT2D eigenvalue weighted by Gasteiger charge is 2.23. The van der Waals surface area contributed by atoms with Crippen LogP contribution in [0, 0.1) is 0 Å². The summed E-state index contributed by atoms with van der Waals surface area (Å²) in [6, 6.07) is 7.46. The third kappa shape index (κ3) is 5.67. The summed E-state index contributed by atoms with van der Waals surface area (Å²) in [5, 5.41) is 5.20. The smallest absolute Gasteiger partial charge is 0.282 e. The molecule has 0 spiro atoms. The third-order valence-electron chi connectivity index (χ3n) is 6.39. The van der Waals surface area contributed by atoms with Gasteiger partial charge in [-0.3, -0.25) is 4.79 Å². The second-order valence-corrected chi connectivity index (χ2v) is 11.3. The standard InChI is InChI=1S/C26H28Br3N3O3/c1-4-15(2)35-24-21(34-3)12-17(22(28)23(24)29)14-30-32-25(16-8-6-5-7-9-16)31-20-11-10-18(27)13-19(20)26(32)33/h10-16H,4-9H2,1-3H3/t15-/m1/s1. The first kappa shape index (κ1) is 26.4. The van der Waals surface area contributed by atoms with E-state index < -0.39 is 0 Å². The summed E-state index contributed by atoms with van der Waals surface area (Å²) in [5.74, 6) is 2.14. The summed E-state index contributed by atoms with van der Waals surface area (Å²) < 4.78 is 15.5. The number of nitrogens with zero attached hydrogens (tertiary/aromatic N) is 3. The van der Waals surface area contributed by atoms with Gasteiger partial charge in [0.1, 0.15) is 5.82 Å². The van der Waals surface area contributed by atoms with Crippen molar-refractivity contribution >= 4 is 64.9 Å². The summed E-state index contributed by atoms with van der Waals surface area (Å²) in [6.45, 7) is 4.08. The first-order valence-corrected chi connectivity index (χ1v) is 14.2. The molecule has 1 aliphatic carbocycles. The number of fused-ring (bicyclic) bond motifs is 1. The fourth-order valence-electron chi connectivity index (χ4n) is 4.27. The zero-order valence-electron chi connectivity index (χ0n) is 20.0. The lowest BCUT2D eigenvalue weighted by Gasteiger charge is -2.23. The van der Waals surface area contributed by atoms with Crippen LogP contribution < -0.4 is 15.0 Å². The van der Waals surface area contributed by atoms with Gasteiger partial charge in [0.05, 0.1) is 34.8 Å². The van der Waals surface area contributed by atoms with Gasteiger partial charge in [0.25, 0.3) is 5.56 Å². The lowest BCUT2D eigenvalue weighted by molar-refractivity contribution is 0.206. The van der Waals surface area contributed by atoms with E-state index in [1.54, 1.807) is 19.4 Å². The quantitative estimate of drug-likeness (QED) is 0.241. The molecule has 1 aliphatic rings. The van der Waals surface area contributed by atoms with E-state index in [4.69, 9.17) is 14.5 Å². The number of aromatic nitrogens is 2. The Kier molecular flexibility index (Phi) is 8.71. The van der Waals surface area contributed by atoms with E-state index in [-0.39, 0.29) is 17.6 Å². The molecule has 1 fully saturated rings. The molecule has 1 aromatic heterocycles. The number of halogens is 3. The molecule has 0 N–H and O–H groups in total. The molecule has 1 atom stereocenters. The third-order valence-corrected chi connectivity index (χ3v) is 9.02. The van der Waals surface area contributed by atoms with Crippen LogP contribution in [-0.2, 0) is 0 Å². The number of methoxy groups -OCH3 is 1. The van der Waals surface area contributed by atoms with Crippen LogP contribution >= 0.6 is 47.8 Å². The van der Waals surface area contributed by atoms with E-state index in [2.05, 4.69) is 59.8 Å². The molecule has 2 aromatic carbocycles. The van der Waals surface area contributed by atoms with Crippen LogP contribution in [0.1, 0.15) is 69.7 Å². The number of hydrogen-bond donors (Lipinski definition) is 0. The maximum absolute atomic E-state index is 13.6. The van der Waals surface area contributed by atoms with Gasteiger partial charge in [0.2, 0.25) is 0 Å². The molecule has 0 unspecified atom stereocenters. The minimum absolute atomic E-state index is 0.0336. The molecule has 0 aliphatic heterocycles. The van der Waals surface area contributed by atoms with Gasteiger partial charge in [-0.2, -0.15) is 9.78 Å². The Morgan fingerprint density at radius 2 is 1.91 bits per heavy atom. The van der Waals surface area contributed by atoms with Crippen molar-refractivity contribution in [2.45, 2.75) is 64.4 Å². The van der Waals surface area contributed by atoms with E-state index in [1.807, 2.05) is 25.1 Å². The molecule has 1 heterocycles. The topological polar surface area (TPSA) is 65.7 Å². The van der Waals surface area contributed by atoms with Crippen molar-refractivity contribution in [3.05, 3.63) is 59.4 Å². The second kappa shape index (κ2) is 11.6. The Balaban J connectivity index is 1.83. The van der Waals surface area contributed by atoms with E-state index in [1.165, 1.54) is 11.1 Å². The maximum Gasteiger partial charge on any atom is 0.282 e. The van der Waals surface area contributed by atoms with E-state index in [9.17, 15) is 4.79 Å². The Hall–Kier alpha value is -1.71. The van der Waals surface area contributed by atoms with Crippen LogP contribution in [0.3, 0.4) is 0 Å². The minimum atomic E-state index is -0.174. The lowest BCUT2D eigenvalue weighted by atomic mass is 9.88. The average Bonchev–Trinajstić information content (AvgIpc) is 2.87. The normalized spacial score (nSPS) is 15.6. The van der Waals surface area contributed by atoms with Gasteiger partial charge >= 0.3 is 0 Å². The molecule has 6 nitrogen and oxygen atoms in total. The molecule has 1 saturated carbocycles. The van der Waals surface area contributed by atoms with Crippen molar-refractivity contribution in [2.75, 3.05) is 7.11 Å². The van der Waals surface area contributed by atoms with Crippen LogP contribution in [0.4, 0.5) is 0 Å². The largest absolute Gasteiger partial charge is 0.493 e. The van der Waals surface area contributed by atoms with Crippen molar-refractivity contribution in [2.24, 2.45) is 5.10 Å². The van der Waals surface area contributed by atoms with Crippen LogP contribution in [0.25, 0.3) is 10.9 Å². The van der Waals surface area contributed by atoms with Crippen LogP contribution in [0.15, 0.2) is 47.6 Å². The fraction of sp³-hybridized carbons (Fsp3) is 0.423. The predicted octanol–water partition coefficient (Wildman–Crippen LogP) is 7.80. The van der Waals surface area contributed by atoms with Crippen molar-refractivity contribution < 1.29 is 9.47 Å². The molecular weight excluding hydrogens is 642 g/mol. The molecule has 0 saturated heterocycles. The zero-order valence-corrected chi connectivity index (χ0v) is 24.7. The molecule has 3 aromatic rings. The molecule has 0 amide bonds. The SMILES string of the molecule is CC[C@@H](C)Oc1c(OC)cc(C=Nn2c(C3CCCCC3)nc3ccc(Br)cc3c2=O)c(Br)c1Br. The maximum atomic E-state index is 13.6. The molecule has 0 radical (unpaired) electrons. The number of ether oxygens (including phenoxy) is 2. The highest BCUT2D eigenvalue weighted by Crippen LogP contribution is 2.43. The van der Waals surface area contributed by atoms with Crippen LogP contribution in [0.2, 0.25) is 0 Å². The molecule has 0 bridgehead atoms. The van der Waals surface area contributed by atoms with Gasteiger partial charge in [-0.15, -0.1) is 0 Å².